The molecule has 0 aromatic heterocycles. The topological polar surface area (TPSA) is 52.0 Å². The number of benzene rings is 1. The van der Waals surface area contributed by atoms with Gasteiger partial charge in [0, 0.05) is 6.04 Å². The Morgan fingerprint density at radius 3 is 2.71 bits per heavy atom. The van der Waals surface area contributed by atoms with Gasteiger partial charge in [-0.1, -0.05) is 24.9 Å². The Labute approximate surface area is 88.0 Å². The second-order valence-corrected chi connectivity index (χ2v) is 3.69. The highest BCUT2D eigenvalue weighted by atomic mass is 35.5. The van der Waals surface area contributed by atoms with E-state index in [1.807, 2.05) is 6.92 Å². The van der Waals surface area contributed by atoms with E-state index in [9.17, 15) is 4.39 Å². The number of nitrogen functional groups attached to an aromatic ring is 1. The molecule has 1 aromatic carbocycles. The van der Waals surface area contributed by atoms with Gasteiger partial charge in [0.1, 0.15) is 5.82 Å². The molecule has 0 saturated carbocycles. The van der Waals surface area contributed by atoms with Gasteiger partial charge in [0.25, 0.3) is 0 Å². The number of hydrogen-bond acceptors (Lipinski definition) is 2. The molecule has 78 valence electrons. The molecule has 0 heterocycles. The van der Waals surface area contributed by atoms with Crippen molar-refractivity contribution in [1.82, 2.24) is 0 Å². The summed E-state index contributed by atoms with van der Waals surface area (Å²) in [5, 5.41) is 0.228. The van der Waals surface area contributed by atoms with Crippen molar-refractivity contribution in [3.8, 4) is 0 Å². The molecule has 0 aliphatic carbocycles. The van der Waals surface area contributed by atoms with Crippen LogP contribution in [-0.4, -0.2) is 0 Å². The molecule has 0 aliphatic rings. The first-order valence-electron chi connectivity index (χ1n) is 4.56. The van der Waals surface area contributed by atoms with Crippen LogP contribution in [0.1, 0.15) is 31.4 Å². The third-order valence-electron chi connectivity index (χ3n) is 2.13. The molecule has 0 aliphatic heterocycles. The minimum atomic E-state index is -0.397. The van der Waals surface area contributed by atoms with Gasteiger partial charge >= 0.3 is 0 Å². The number of halogens is 2. The lowest BCUT2D eigenvalue weighted by Gasteiger charge is -2.14. The van der Waals surface area contributed by atoms with Crippen molar-refractivity contribution in [2.75, 3.05) is 5.73 Å². The highest BCUT2D eigenvalue weighted by Crippen LogP contribution is 2.29. The Morgan fingerprint density at radius 2 is 2.14 bits per heavy atom. The maximum atomic E-state index is 13.0. The summed E-state index contributed by atoms with van der Waals surface area (Å²) in [6.07, 6.45) is 1.69. The van der Waals surface area contributed by atoms with Crippen LogP contribution in [0.3, 0.4) is 0 Å². The van der Waals surface area contributed by atoms with Crippen LogP contribution < -0.4 is 11.5 Å². The van der Waals surface area contributed by atoms with Crippen LogP contribution in [0.25, 0.3) is 0 Å². The van der Waals surface area contributed by atoms with Gasteiger partial charge < -0.3 is 11.5 Å². The van der Waals surface area contributed by atoms with E-state index in [0.29, 0.717) is 11.3 Å². The zero-order valence-corrected chi connectivity index (χ0v) is 8.81. The monoisotopic (exact) mass is 216 g/mol. The van der Waals surface area contributed by atoms with Crippen molar-refractivity contribution in [1.29, 1.82) is 0 Å². The molecule has 0 radical (unpaired) electrons. The van der Waals surface area contributed by atoms with E-state index in [-0.39, 0.29) is 11.1 Å². The van der Waals surface area contributed by atoms with Crippen molar-refractivity contribution in [2.45, 2.75) is 25.8 Å². The second kappa shape index (κ2) is 4.62. The summed E-state index contributed by atoms with van der Waals surface area (Å²) in [5.41, 5.74) is 12.5. The average molecular weight is 217 g/mol. The highest BCUT2D eigenvalue weighted by molar-refractivity contribution is 6.33. The smallest absolute Gasteiger partial charge is 0.125 e. The zero-order valence-electron chi connectivity index (χ0n) is 8.06. The fourth-order valence-electron chi connectivity index (χ4n) is 1.38. The van der Waals surface area contributed by atoms with Crippen LogP contribution in [0.5, 0.6) is 0 Å². The van der Waals surface area contributed by atoms with Crippen LogP contribution in [0.2, 0.25) is 5.02 Å². The molecule has 2 nitrogen and oxygen atoms in total. The van der Waals surface area contributed by atoms with Crippen molar-refractivity contribution >= 4 is 17.3 Å². The molecule has 1 unspecified atom stereocenters. The van der Waals surface area contributed by atoms with Crippen LogP contribution in [0.15, 0.2) is 12.1 Å². The van der Waals surface area contributed by atoms with Gasteiger partial charge in [0.2, 0.25) is 0 Å². The summed E-state index contributed by atoms with van der Waals surface area (Å²) < 4.78 is 13.0. The molecular formula is C10H14ClFN2. The van der Waals surface area contributed by atoms with Gasteiger partial charge in [0.05, 0.1) is 10.7 Å². The Kier molecular flexibility index (Phi) is 3.72. The Morgan fingerprint density at radius 1 is 1.50 bits per heavy atom. The van der Waals surface area contributed by atoms with Crippen molar-refractivity contribution in [2.24, 2.45) is 5.73 Å². The summed E-state index contributed by atoms with van der Waals surface area (Å²) in [6.45, 7) is 2.01. The third kappa shape index (κ3) is 2.36. The van der Waals surface area contributed by atoms with E-state index in [1.54, 1.807) is 0 Å². The van der Waals surface area contributed by atoms with E-state index in [0.717, 1.165) is 12.8 Å². The lowest BCUT2D eigenvalue weighted by atomic mass is 10.0. The maximum absolute atomic E-state index is 13.0. The molecular weight excluding hydrogens is 203 g/mol. The molecule has 4 N–H and O–H groups in total. The first-order valence-corrected chi connectivity index (χ1v) is 4.94. The fourth-order valence-corrected chi connectivity index (χ4v) is 1.59. The van der Waals surface area contributed by atoms with Gasteiger partial charge in [0.15, 0.2) is 0 Å². The zero-order chi connectivity index (χ0) is 10.7. The van der Waals surface area contributed by atoms with E-state index in [4.69, 9.17) is 23.1 Å². The van der Waals surface area contributed by atoms with Gasteiger partial charge in [-0.2, -0.15) is 0 Å². The minimum absolute atomic E-state index is 0.228. The van der Waals surface area contributed by atoms with Crippen LogP contribution in [0, 0.1) is 5.82 Å². The summed E-state index contributed by atoms with van der Waals surface area (Å²) in [6, 6.07) is 2.30. The number of anilines is 1. The lowest BCUT2D eigenvalue weighted by Crippen LogP contribution is -2.12. The summed E-state index contributed by atoms with van der Waals surface area (Å²) in [4.78, 5) is 0. The highest BCUT2D eigenvalue weighted by Gasteiger charge is 2.12. The number of rotatable bonds is 3. The molecule has 0 bridgehead atoms. The quantitative estimate of drug-likeness (QED) is 0.764. The largest absolute Gasteiger partial charge is 0.397 e. The summed E-state index contributed by atoms with van der Waals surface area (Å²) in [7, 11) is 0. The summed E-state index contributed by atoms with van der Waals surface area (Å²) in [5.74, 6) is -0.397. The van der Waals surface area contributed by atoms with E-state index in [1.165, 1.54) is 12.1 Å². The predicted molar refractivity (Wildman–Crippen MR) is 57.7 cm³/mol. The molecule has 0 amide bonds. The standard InChI is InChI=1S/C10H14ClFN2/c1-2-3-9(13)7-4-6(12)5-8(11)10(7)14/h4-5,9H,2-3,13-14H2,1H3. The minimum Gasteiger partial charge on any atom is -0.397 e. The van der Waals surface area contributed by atoms with E-state index in [2.05, 4.69) is 0 Å². The van der Waals surface area contributed by atoms with E-state index >= 15 is 0 Å². The van der Waals surface area contributed by atoms with Crippen LogP contribution in [-0.2, 0) is 0 Å². The predicted octanol–water partition coefficient (Wildman–Crippen LogP) is 2.86. The second-order valence-electron chi connectivity index (χ2n) is 3.29. The van der Waals surface area contributed by atoms with Gasteiger partial charge in [-0.3, -0.25) is 0 Å². The molecule has 1 aromatic rings. The first kappa shape index (κ1) is 11.3. The Hall–Kier alpha value is -0.800. The van der Waals surface area contributed by atoms with Gasteiger partial charge in [-0.25, -0.2) is 4.39 Å². The van der Waals surface area contributed by atoms with Crippen molar-refractivity contribution in [3.05, 3.63) is 28.5 Å². The number of hydrogen-bond donors (Lipinski definition) is 2. The molecule has 14 heavy (non-hydrogen) atoms. The Bertz CT molecular complexity index is 328. The first-order chi connectivity index (χ1) is 6.56. The normalized spacial score (nSPS) is 12.9. The molecule has 1 rings (SSSR count). The molecule has 1 atom stereocenters. The lowest BCUT2D eigenvalue weighted by molar-refractivity contribution is 0.606. The Balaban J connectivity index is 3.07. The van der Waals surface area contributed by atoms with E-state index < -0.39 is 5.82 Å². The fraction of sp³-hybridized carbons (Fsp3) is 0.400. The molecule has 0 spiro atoms. The van der Waals surface area contributed by atoms with Crippen LogP contribution in [0.4, 0.5) is 10.1 Å². The van der Waals surface area contributed by atoms with Crippen LogP contribution >= 0.6 is 11.6 Å². The molecule has 0 saturated heterocycles. The summed E-state index contributed by atoms with van der Waals surface area (Å²) >= 11 is 5.74. The number of nitrogens with two attached hydrogens (primary N) is 2. The molecule has 4 heteroatoms. The molecule has 0 fully saturated rings. The SMILES string of the molecule is CCCC(N)c1cc(F)cc(Cl)c1N. The van der Waals surface area contributed by atoms with Gasteiger partial charge in [-0.05, 0) is 24.1 Å². The third-order valence-corrected chi connectivity index (χ3v) is 2.44. The maximum Gasteiger partial charge on any atom is 0.125 e. The van der Waals surface area contributed by atoms with Crippen molar-refractivity contribution < 1.29 is 4.39 Å². The van der Waals surface area contributed by atoms with Crippen molar-refractivity contribution in [3.63, 3.8) is 0 Å². The average Bonchev–Trinajstić information content (AvgIpc) is 2.11. The van der Waals surface area contributed by atoms with Gasteiger partial charge in [-0.15, -0.1) is 0 Å².